The fourth-order valence-electron chi connectivity index (χ4n) is 1.04. The molecule has 8 heteroatoms. The first-order valence-electron chi connectivity index (χ1n) is 4.43. The maximum atomic E-state index is 12.1. The van der Waals surface area contributed by atoms with Crippen molar-refractivity contribution in [2.24, 2.45) is 5.73 Å². The summed E-state index contributed by atoms with van der Waals surface area (Å²) in [6.07, 6.45) is -0.0940. The van der Waals surface area contributed by atoms with E-state index in [1.54, 1.807) is 0 Å². The van der Waals surface area contributed by atoms with Gasteiger partial charge in [0, 0.05) is 6.42 Å². The van der Waals surface area contributed by atoms with Gasteiger partial charge in [0.05, 0.1) is 6.04 Å². The molecule has 0 aromatic carbocycles. The average Bonchev–Trinajstić information content (AvgIpc) is 2.13. The molecular formula is C9H11F3N2O3. The molecule has 0 saturated heterocycles. The van der Waals surface area contributed by atoms with Crippen LogP contribution in [0.15, 0.2) is 0 Å². The minimum atomic E-state index is -4.69. The largest absolute Gasteiger partial charge is 0.480 e. The predicted molar refractivity (Wildman–Crippen MR) is 51.7 cm³/mol. The van der Waals surface area contributed by atoms with Crippen LogP contribution < -0.4 is 5.73 Å². The van der Waals surface area contributed by atoms with Crippen LogP contribution in [0, 0.1) is 12.3 Å². The highest BCUT2D eigenvalue weighted by atomic mass is 19.4. The van der Waals surface area contributed by atoms with Crippen molar-refractivity contribution in [1.82, 2.24) is 4.90 Å². The molecule has 1 atom stereocenters. The summed E-state index contributed by atoms with van der Waals surface area (Å²) in [5.41, 5.74) is 5.23. The number of carbonyl (C=O) groups excluding carboxylic acids is 1. The van der Waals surface area contributed by atoms with Crippen LogP contribution in [-0.4, -0.2) is 47.2 Å². The van der Waals surface area contributed by atoms with Gasteiger partial charge in [-0.3, -0.25) is 9.59 Å². The van der Waals surface area contributed by atoms with E-state index >= 15 is 0 Å². The summed E-state index contributed by atoms with van der Waals surface area (Å²) in [5, 5.41) is 8.40. The van der Waals surface area contributed by atoms with Crippen LogP contribution in [0.25, 0.3) is 0 Å². The number of alkyl halides is 3. The fourth-order valence-corrected chi connectivity index (χ4v) is 1.04. The molecule has 1 unspecified atom stereocenters. The van der Waals surface area contributed by atoms with Gasteiger partial charge in [0.2, 0.25) is 5.91 Å². The Morgan fingerprint density at radius 1 is 1.47 bits per heavy atom. The maximum absolute atomic E-state index is 12.1. The molecular weight excluding hydrogens is 241 g/mol. The summed E-state index contributed by atoms with van der Waals surface area (Å²) in [7, 11) is 0. The first-order chi connectivity index (χ1) is 7.67. The molecule has 0 fully saturated rings. The zero-order valence-corrected chi connectivity index (χ0v) is 8.70. The third-order valence-corrected chi connectivity index (χ3v) is 1.66. The van der Waals surface area contributed by atoms with Gasteiger partial charge < -0.3 is 15.7 Å². The second-order valence-corrected chi connectivity index (χ2v) is 3.22. The molecule has 0 saturated carbocycles. The third kappa shape index (κ3) is 6.42. The molecule has 0 bridgehead atoms. The Morgan fingerprint density at radius 3 is 2.35 bits per heavy atom. The summed E-state index contributed by atoms with van der Waals surface area (Å²) < 4.78 is 36.3. The molecule has 1 amide bonds. The van der Waals surface area contributed by atoms with Gasteiger partial charge in [0.1, 0.15) is 13.1 Å². The van der Waals surface area contributed by atoms with E-state index in [-0.39, 0.29) is 11.3 Å². The van der Waals surface area contributed by atoms with Gasteiger partial charge in [-0.25, -0.2) is 0 Å². The number of carbonyl (C=O) groups is 2. The van der Waals surface area contributed by atoms with Crippen LogP contribution in [0.2, 0.25) is 0 Å². The SMILES string of the molecule is C#CCC(N)C(=O)N(CC(=O)O)CC(F)(F)F. The molecule has 5 nitrogen and oxygen atoms in total. The van der Waals surface area contributed by atoms with Crippen LogP contribution >= 0.6 is 0 Å². The highest BCUT2D eigenvalue weighted by Gasteiger charge is 2.35. The molecule has 0 aromatic heterocycles. The van der Waals surface area contributed by atoms with Gasteiger partial charge in [-0.1, -0.05) is 0 Å². The average molecular weight is 252 g/mol. The molecule has 0 aliphatic heterocycles. The Morgan fingerprint density at radius 2 is 2.00 bits per heavy atom. The van der Waals surface area contributed by atoms with E-state index in [0.717, 1.165) is 0 Å². The van der Waals surface area contributed by atoms with Crippen molar-refractivity contribution in [1.29, 1.82) is 0 Å². The summed E-state index contributed by atoms with van der Waals surface area (Å²) in [6, 6.07) is -1.33. The number of amides is 1. The number of hydrogen-bond donors (Lipinski definition) is 2. The fraction of sp³-hybridized carbons (Fsp3) is 0.556. The van der Waals surface area contributed by atoms with Gasteiger partial charge in [0.25, 0.3) is 0 Å². The van der Waals surface area contributed by atoms with Crippen LogP contribution in [0.3, 0.4) is 0 Å². The minimum Gasteiger partial charge on any atom is -0.480 e. The van der Waals surface area contributed by atoms with Crippen LogP contribution in [0.5, 0.6) is 0 Å². The molecule has 0 aliphatic rings. The Balaban J connectivity index is 4.74. The van der Waals surface area contributed by atoms with E-state index in [1.165, 1.54) is 0 Å². The lowest BCUT2D eigenvalue weighted by Gasteiger charge is -2.24. The van der Waals surface area contributed by atoms with Gasteiger partial charge >= 0.3 is 12.1 Å². The zero-order chi connectivity index (χ0) is 13.6. The smallest absolute Gasteiger partial charge is 0.406 e. The minimum absolute atomic E-state index is 0.115. The van der Waals surface area contributed by atoms with E-state index < -0.39 is 37.2 Å². The lowest BCUT2D eigenvalue weighted by molar-refractivity contribution is -0.166. The van der Waals surface area contributed by atoms with E-state index in [4.69, 9.17) is 17.3 Å². The number of rotatable bonds is 5. The molecule has 96 valence electrons. The van der Waals surface area contributed by atoms with Gasteiger partial charge in [-0.15, -0.1) is 12.3 Å². The number of hydrogen-bond acceptors (Lipinski definition) is 3. The van der Waals surface area contributed by atoms with Crippen molar-refractivity contribution in [3.05, 3.63) is 0 Å². The number of terminal acetylenes is 1. The number of carboxylic acids is 1. The number of nitrogens with two attached hydrogens (primary N) is 1. The highest BCUT2D eigenvalue weighted by Crippen LogP contribution is 2.17. The predicted octanol–water partition coefficient (Wildman–Crippen LogP) is -0.188. The van der Waals surface area contributed by atoms with Gasteiger partial charge in [-0.05, 0) is 0 Å². The molecule has 3 N–H and O–H groups in total. The second kappa shape index (κ2) is 6.10. The lowest BCUT2D eigenvalue weighted by Crippen LogP contribution is -2.49. The Labute approximate surface area is 95.4 Å². The van der Waals surface area contributed by atoms with Crippen LogP contribution in [0.1, 0.15) is 6.42 Å². The molecule has 0 aliphatic carbocycles. The molecule has 0 rings (SSSR count). The van der Waals surface area contributed by atoms with Gasteiger partial charge in [0.15, 0.2) is 0 Å². The Hall–Kier alpha value is -1.75. The molecule has 17 heavy (non-hydrogen) atoms. The Kier molecular flexibility index (Phi) is 5.47. The van der Waals surface area contributed by atoms with E-state index in [0.29, 0.717) is 0 Å². The zero-order valence-electron chi connectivity index (χ0n) is 8.70. The van der Waals surface area contributed by atoms with Crippen molar-refractivity contribution in [2.45, 2.75) is 18.6 Å². The molecule has 0 heterocycles. The molecule has 0 spiro atoms. The van der Waals surface area contributed by atoms with E-state index in [1.807, 2.05) is 5.92 Å². The summed E-state index contributed by atoms with van der Waals surface area (Å²) >= 11 is 0. The van der Waals surface area contributed by atoms with Gasteiger partial charge in [-0.2, -0.15) is 13.2 Å². The number of carboxylic acid groups (broad SMARTS) is 1. The van der Waals surface area contributed by atoms with E-state index in [2.05, 4.69) is 0 Å². The van der Waals surface area contributed by atoms with Crippen molar-refractivity contribution in [3.63, 3.8) is 0 Å². The number of aliphatic carboxylic acids is 1. The van der Waals surface area contributed by atoms with Crippen molar-refractivity contribution in [3.8, 4) is 12.3 Å². The van der Waals surface area contributed by atoms with Crippen molar-refractivity contribution < 1.29 is 27.9 Å². The molecule has 0 radical (unpaired) electrons. The monoisotopic (exact) mass is 252 g/mol. The summed E-state index contributed by atoms with van der Waals surface area (Å²) in [5.74, 6) is -0.678. The standard InChI is InChI=1S/C9H11F3N2O3/c1-2-3-6(13)8(17)14(4-7(15)16)5-9(10,11)12/h1,6H,3-5,13H2,(H,15,16). The topological polar surface area (TPSA) is 83.6 Å². The summed E-state index contributed by atoms with van der Waals surface area (Å²) in [4.78, 5) is 21.8. The van der Waals surface area contributed by atoms with Crippen molar-refractivity contribution in [2.75, 3.05) is 13.1 Å². The first-order valence-corrected chi connectivity index (χ1v) is 4.43. The third-order valence-electron chi connectivity index (χ3n) is 1.66. The van der Waals surface area contributed by atoms with Crippen LogP contribution in [-0.2, 0) is 9.59 Å². The first kappa shape index (κ1) is 15.2. The number of halogens is 3. The highest BCUT2D eigenvalue weighted by molar-refractivity contribution is 5.85. The lowest BCUT2D eigenvalue weighted by atomic mass is 10.2. The quantitative estimate of drug-likeness (QED) is 0.664. The number of nitrogens with zero attached hydrogens (tertiary/aromatic N) is 1. The summed E-state index contributed by atoms with van der Waals surface area (Å²) in [6.45, 7) is -2.74. The molecule has 0 aromatic rings. The Bertz CT molecular complexity index is 335. The second-order valence-electron chi connectivity index (χ2n) is 3.22. The van der Waals surface area contributed by atoms with E-state index in [9.17, 15) is 22.8 Å². The van der Waals surface area contributed by atoms with Crippen LogP contribution in [0.4, 0.5) is 13.2 Å². The van der Waals surface area contributed by atoms with Crippen molar-refractivity contribution >= 4 is 11.9 Å². The normalized spacial score (nSPS) is 12.6. The maximum Gasteiger partial charge on any atom is 0.406 e.